The highest BCUT2D eigenvalue weighted by Gasteiger charge is 2.30. The van der Waals surface area contributed by atoms with E-state index < -0.39 is 0 Å². The minimum Gasteiger partial charge on any atom is -0.335 e. The zero-order valence-electron chi connectivity index (χ0n) is 13.3. The number of aryl methyl sites for hydroxylation is 1. The standard InChI is InChI=1S/C17H20N4O2/c1-12(22)21-8-7-13-5-3-4-6-15(13)16(21)9-17(23)19-14-10-18-20(2)11-14/h3-6,10-11,16H,7-9H2,1-2H3,(H,19,23)/t16-/m0/s1. The number of rotatable bonds is 3. The Labute approximate surface area is 135 Å². The number of fused-ring (bicyclic) bond motifs is 1. The lowest BCUT2D eigenvalue weighted by atomic mass is 9.90. The maximum atomic E-state index is 12.4. The molecule has 6 nitrogen and oxygen atoms in total. The fourth-order valence-corrected chi connectivity index (χ4v) is 3.12. The van der Waals surface area contributed by atoms with Gasteiger partial charge in [0.2, 0.25) is 11.8 Å². The molecule has 0 unspecified atom stereocenters. The van der Waals surface area contributed by atoms with Crippen LogP contribution in [0.3, 0.4) is 0 Å². The van der Waals surface area contributed by atoms with Gasteiger partial charge < -0.3 is 10.2 Å². The third-order valence-corrected chi connectivity index (χ3v) is 4.18. The van der Waals surface area contributed by atoms with Gasteiger partial charge in [-0.3, -0.25) is 14.3 Å². The summed E-state index contributed by atoms with van der Waals surface area (Å²) in [5.74, 6) is -0.121. The van der Waals surface area contributed by atoms with Crippen molar-refractivity contribution in [1.82, 2.24) is 14.7 Å². The lowest BCUT2D eigenvalue weighted by Crippen LogP contribution is -2.40. The molecule has 2 amide bonds. The molecule has 0 bridgehead atoms. The molecule has 0 radical (unpaired) electrons. The van der Waals surface area contributed by atoms with Gasteiger partial charge in [-0.1, -0.05) is 24.3 Å². The molecule has 120 valence electrons. The zero-order chi connectivity index (χ0) is 16.4. The van der Waals surface area contributed by atoms with Crippen LogP contribution in [0.4, 0.5) is 5.69 Å². The first-order valence-electron chi connectivity index (χ1n) is 7.68. The number of aromatic nitrogens is 2. The molecule has 1 atom stereocenters. The second-order valence-electron chi connectivity index (χ2n) is 5.83. The predicted molar refractivity (Wildman–Crippen MR) is 86.7 cm³/mol. The molecule has 0 spiro atoms. The van der Waals surface area contributed by atoms with Gasteiger partial charge in [0, 0.05) is 26.7 Å². The first kappa shape index (κ1) is 15.3. The van der Waals surface area contributed by atoms with E-state index in [1.165, 1.54) is 5.56 Å². The maximum absolute atomic E-state index is 12.4. The monoisotopic (exact) mass is 312 g/mol. The predicted octanol–water partition coefficient (Wildman–Crippen LogP) is 1.89. The third-order valence-electron chi connectivity index (χ3n) is 4.18. The van der Waals surface area contributed by atoms with E-state index >= 15 is 0 Å². The minimum absolute atomic E-state index is 0.00122. The van der Waals surface area contributed by atoms with Crippen LogP contribution in [-0.2, 0) is 23.1 Å². The summed E-state index contributed by atoms with van der Waals surface area (Å²) in [5, 5.41) is 6.87. The van der Waals surface area contributed by atoms with Crippen molar-refractivity contribution in [3.63, 3.8) is 0 Å². The Morgan fingerprint density at radius 3 is 2.83 bits per heavy atom. The van der Waals surface area contributed by atoms with E-state index in [9.17, 15) is 9.59 Å². The fourth-order valence-electron chi connectivity index (χ4n) is 3.12. The van der Waals surface area contributed by atoms with Gasteiger partial charge in [0.25, 0.3) is 0 Å². The largest absolute Gasteiger partial charge is 0.335 e. The third kappa shape index (κ3) is 3.26. The van der Waals surface area contributed by atoms with E-state index in [0.717, 1.165) is 12.0 Å². The molecule has 1 aliphatic heterocycles. The molecule has 0 fully saturated rings. The highest BCUT2D eigenvalue weighted by atomic mass is 16.2. The Bertz CT molecular complexity index is 738. The molecule has 23 heavy (non-hydrogen) atoms. The van der Waals surface area contributed by atoms with Crippen molar-refractivity contribution in [2.75, 3.05) is 11.9 Å². The van der Waals surface area contributed by atoms with Crippen LogP contribution in [-0.4, -0.2) is 33.0 Å². The van der Waals surface area contributed by atoms with Gasteiger partial charge in [-0.2, -0.15) is 5.10 Å². The summed E-state index contributed by atoms with van der Waals surface area (Å²) in [6.45, 7) is 2.21. The minimum atomic E-state index is -0.214. The highest BCUT2D eigenvalue weighted by molar-refractivity contribution is 5.91. The number of nitrogens with zero attached hydrogens (tertiary/aromatic N) is 3. The van der Waals surface area contributed by atoms with Crippen molar-refractivity contribution in [3.05, 3.63) is 47.8 Å². The number of anilines is 1. The van der Waals surface area contributed by atoms with Crippen LogP contribution in [0.15, 0.2) is 36.7 Å². The molecule has 1 aliphatic rings. The molecule has 1 aromatic carbocycles. The number of carbonyl (C=O) groups is 2. The van der Waals surface area contributed by atoms with Gasteiger partial charge in [0.15, 0.2) is 0 Å². The molecule has 0 aliphatic carbocycles. The first-order valence-corrected chi connectivity index (χ1v) is 7.68. The van der Waals surface area contributed by atoms with E-state index in [1.807, 2.05) is 18.2 Å². The Balaban J connectivity index is 1.80. The van der Waals surface area contributed by atoms with Crippen LogP contribution in [0.2, 0.25) is 0 Å². The quantitative estimate of drug-likeness (QED) is 0.941. The van der Waals surface area contributed by atoms with Crippen LogP contribution in [0.1, 0.15) is 30.5 Å². The molecule has 6 heteroatoms. The average molecular weight is 312 g/mol. The Morgan fingerprint density at radius 2 is 2.13 bits per heavy atom. The summed E-state index contributed by atoms with van der Waals surface area (Å²) < 4.78 is 1.63. The number of amides is 2. The Morgan fingerprint density at radius 1 is 1.35 bits per heavy atom. The van der Waals surface area contributed by atoms with Crippen molar-refractivity contribution >= 4 is 17.5 Å². The van der Waals surface area contributed by atoms with Gasteiger partial charge >= 0.3 is 0 Å². The molecule has 0 saturated heterocycles. The van der Waals surface area contributed by atoms with Crippen LogP contribution < -0.4 is 5.32 Å². The van der Waals surface area contributed by atoms with Crippen LogP contribution in [0.5, 0.6) is 0 Å². The summed E-state index contributed by atoms with van der Waals surface area (Å²) in [6, 6.07) is 7.81. The summed E-state index contributed by atoms with van der Waals surface area (Å²) in [7, 11) is 1.80. The number of benzene rings is 1. The van der Waals surface area contributed by atoms with Gasteiger partial charge in [-0.25, -0.2) is 0 Å². The summed E-state index contributed by atoms with van der Waals surface area (Å²) in [4.78, 5) is 26.1. The van der Waals surface area contributed by atoms with Crippen molar-refractivity contribution in [1.29, 1.82) is 0 Å². The summed E-state index contributed by atoms with van der Waals surface area (Å²) in [5.41, 5.74) is 2.94. The van der Waals surface area contributed by atoms with E-state index in [1.54, 1.807) is 35.9 Å². The van der Waals surface area contributed by atoms with Crippen molar-refractivity contribution < 1.29 is 9.59 Å². The second-order valence-corrected chi connectivity index (χ2v) is 5.83. The van der Waals surface area contributed by atoms with Crippen molar-refractivity contribution in [2.45, 2.75) is 25.8 Å². The zero-order valence-corrected chi connectivity index (χ0v) is 13.3. The highest BCUT2D eigenvalue weighted by Crippen LogP contribution is 2.32. The Hall–Kier alpha value is -2.63. The van der Waals surface area contributed by atoms with Crippen molar-refractivity contribution in [3.8, 4) is 0 Å². The van der Waals surface area contributed by atoms with Gasteiger partial charge in [0.05, 0.1) is 24.3 Å². The van der Waals surface area contributed by atoms with Gasteiger partial charge in [-0.15, -0.1) is 0 Å². The van der Waals surface area contributed by atoms with Crippen LogP contribution in [0, 0.1) is 0 Å². The number of carbonyl (C=O) groups excluding carboxylic acids is 2. The van der Waals surface area contributed by atoms with Crippen molar-refractivity contribution in [2.24, 2.45) is 7.05 Å². The molecule has 1 N–H and O–H groups in total. The Kier molecular flexibility index (Phi) is 4.14. The van der Waals surface area contributed by atoms with E-state index in [2.05, 4.69) is 16.5 Å². The topological polar surface area (TPSA) is 67.2 Å². The first-order chi connectivity index (χ1) is 11.0. The van der Waals surface area contributed by atoms with Crippen LogP contribution >= 0.6 is 0 Å². The molecule has 2 aromatic rings. The number of hydrogen-bond donors (Lipinski definition) is 1. The fraction of sp³-hybridized carbons (Fsp3) is 0.353. The molecule has 0 saturated carbocycles. The SMILES string of the molecule is CC(=O)N1CCc2ccccc2[C@@H]1CC(=O)Nc1cnn(C)c1. The molecular formula is C17H20N4O2. The normalized spacial score (nSPS) is 16.8. The summed E-state index contributed by atoms with van der Waals surface area (Å²) >= 11 is 0. The van der Waals surface area contributed by atoms with Gasteiger partial charge in [-0.05, 0) is 17.5 Å². The molecular weight excluding hydrogens is 292 g/mol. The average Bonchev–Trinajstić information content (AvgIpc) is 2.92. The molecule has 3 rings (SSSR count). The van der Waals surface area contributed by atoms with E-state index in [4.69, 9.17) is 0 Å². The van der Waals surface area contributed by atoms with Gasteiger partial charge in [0.1, 0.15) is 0 Å². The second kappa shape index (κ2) is 6.24. The van der Waals surface area contributed by atoms with E-state index in [0.29, 0.717) is 12.2 Å². The maximum Gasteiger partial charge on any atom is 0.226 e. The lowest BCUT2D eigenvalue weighted by molar-refractivity contribution is -0.132. The smallest absolute Gasteiger partial charge is 0.226 e. The van der Waals surface area contributed by atoms with E-state index in [-0.39, 0.29) is 24.3 Å². The lowest BCUT2D eigenvalue weighted by Gasteiger charge is -2.36. The number of hydrogen-bond acceptors (Lipinski definition) is 3. The molecule has 1 aromatic heterocycles. The van der Waals surface area contributed by atoms with Crippen LogP contribution in [0.25, 0.3) is 0 Å². The number of nitrogens with one attached hydrogen (secondary N) is 1. The summed E-state index contributed by atoms with van der Waals surface area (Å²) in [6.07, 6.45) is 4.42. The molecule has 2 heterocycles.